The number of hydrogen-bond acceptors (Lipinski definition) is 7. The molecule has 2 fully saturated rings. The van der Waals surface area contributed by atoms with Crippen LogP contribution in [0.5, 0.6) is 11.5 Å². The molecule has 11 heteroatoms. The first-order chi connectivity index (χ1) is 14.9. The Bertz CT molecular complexity index is 931. The smallest absolute Gasteiger partial charge is 0.309 e. The summed E-state index contributed by atoms with van der Waals surface area (Å²) in [4.78, 5) is 24.3. The van der Waals surface area contributed by atoms with Gasteiger partial charge < -0.3 is 24.8 Å². The highest BCUT2D eigenvalue weighted by Crippen LogP contribution is 2.34. The number of nitrogens with zero attached hydrogens (tertiary/aromatic N) is 1. The van der Waals surface area contributed by atoms with Gasteiger partial charge in [-0.3, -0.25) is 9.59 Å². The Hall–Kier alpha value is -2.37. The number of nitrogens with one attached hydrogen (secondary N) is 2. The molecule has 0 aromatic heterocycles. The van der Waals surface area contributed by atoms with Gasteiger partial charge in [0.25, 0.3) is 0 Å². The van der Waals surface area contributed by atoms with Crippen molar-refractivity contribution in [2.45, 2.75) is 49.3 Å². The van der Waals surface area contributed by atoms with Gasteiger partial charge in [0.2, 0.25) is 10.0 Å². The summed E-state index contributed by atoms with van der Waals surface area (Å²) in [6.45, 7) is 1.24. The number of sulfonamides is 1. The van der Waals surface area contributed by atoms with Gasteiger partial charge in [0.1, 0.15) is 19.4 Å². The van der Waals surface area contributed by atoms with E-state index in [9.17, 15) is 18.0 Å². The number of carbonyl (C=O) groups is 2. The van der Waals surface area contributed by atoms with Gasteiger partial charge in [0.15, 0.2) is 11.5 Å². The van der Waals surface area contributed by atoms with Gasteiger partial charge >= 0.3 is 11.8 Å². The fourth-order valence-corrected chi connectivity index (χ4v) is 5.58. The first-order valence-electron chi connectivity index (χ1n) is 10.6. The summed E-state index contributed by atoms with van der Waals surface area (Å²) in [7, 11) is -3.91. The van der Waals surface area contributed by atoms with Crippen LogP contribution in [0.2, 0.25) is 0 Å². The van der Waals surface area contributed by atoms with Gasteiger partial charge in [-0.2, -0.15) is 4.31 Å². The number of benzene rings is 1. The lowest BCUT2D eigenvalue weighted by Gasteiger charge is -2.34. The average molecular weight is 454 g/mol. The van der Waals surface area contributed by atoms with E-state index in [-0.39, 0.29) is 24.0 Å². The zero-order chi connectivity index (χ0) is 21.8. The van der Waals surface area contributed by atoms with Crippen LogP contribution in [0.3, 0.4) is 0 Å². The van der Waals surface area contributed by atoms with Crippen LogP contribution in [-0.4, -0.2) is 69.7 Å². The van der Waals surface area contributed by atoms with Crippen molar-refractivity contribution in [1.82, 2.24) is 14.9 Å². The summed E-state index contributed by atoms with van der Waals surface area (Å²) in [6.07, 6.45) is 3.43. The Labute approximate surface area is 181 Å². The molecule has 170 valence electrons. The van der Waals surface area contributed by atoms with Gasteiger partial charge in [-0.1, -0.05) is 12.8 Å². The SMILES string of the molecule is O=C(NC[C@@H]1OCCCN1S(=O)(=O)c1ccc2c(c1)OCCO2)C(=O)NC1CCCC1. The molecule has 2 aliphatic heterocycles. The summed E-state index contributed by atoms with van der Waals surface area (Å²) in [5, 5.41) is 5.22. The van der Waals surface area contributed by atoms with Gasteiger partial charge in [-0.15, -0.1) is 0 Å². The Morgan fingerprint density at radius 1 is 1.00 bits per heavy atom. The van der Waals surface area contributed by atoms with Crippen molar-refractivity contribution in [3.05, 3.63) is 18.2 Å². The highest BCUT2D eigenvalue weighted by Gasteiger charge is 2.35. The molecule has 2 N–H and O–H groups in total. The maximum atomic E-state index is 13.2. The molecule has 1 aliphatic carbocycles. The van der Waals surface area contributed by atoms with Crippen LogP contribution in [0.4, 0.5) is 0 Å². The van der Waals surface area contributed by atoms with E-state index in [1.54, 1.807) is 6.07 Å². The Morgan fingerprint density at radius 3 is 2.52 bits per heavy atom. The van der Waals surface area contributed by atoms with E-state index in [1.807, 2.05) is 0 Å². The lowest BCUT2D eigenvalue weighted by molar-refractivity contribution is -0.140. The Morgan fingerprint density at radius 2 is 1.74 bits per heavy atom. The third-order valence-corrected chi connectivity index (χ3v) is 7.49. The predicted octanol–water partition coefficient (Wildman–Crippen LogP) is 0.370. The van der Waals surface area contributed by atoms with E-state index in [0.29, 0.717) is 37.7 Å². The molecule has 0 spiro atoms. The lowest BCUT2D eigenvalue weighted by atomic mass is 10.2. The fourth-order valence-electron chi connectivity index (χ4n) is 4.00. The number of rotatable bonds is 5. The van der Waals surface area contributed by atoms with Crippen LogP contribution < -0.4 is 20.1 Å². The molecular formula is C20H27N3O7S. The summed E-state index contributed by atoms with van der Waals surface area (Å²) < 4.78 is 44.3. The van der Waals surface area contributed by atoms with Gasteiger partial charge in [-0.25, -0.2) is 8.42 Å². The molecule has 0 radical (unpaired) electrons. The van der Waals surface area contributed by atoms with Crippen molar-refractivity contribution < 1.29 is 32.2 Å². The highest BCUT2D eigenvalue weighted by atomic mass is 32.2. The molecule has 1 saturated carbocycles. The van der Waals surface area contributed by atoms with E-state index < -0.39 is 28.1 Å². The van der Waals surface area contributed by atoms with Crippen molar-refractivity contribution in [1.29, 1.82) is 0 Å². The van der Waals surface area contributed by atoms with Crippen LogP contribution in [-0.2, 0) is 24.3 Å². The zero-order valence-corrected chi connectivity index (χ0v) is 18.0. The van der Waals surface area contributed by atoms with Gasteiger partial charge in [0, 0.05) is 18.7 Å². The summed E-state index contributed by atoms with van der Waals surface area (Å²) >= 11 is 0. The minimum absolute atomic E-state index is 0.0243. The highest BCUT2D eigenvalue weighted by molar-refractivity contribution is 7.89. The van der Waals surface area contributed by atoms with Gasteiger partial charge in [0.05, 0.1) is 18.0 Å². The Balaban J connectivity index is 1.41. The number of amides is 2. The van der Waals surface area contributed by atoms with E-state index in [4.69, 9.17) is 14.2 Å². The minimum Gasteiger partial charge on any atom is -0.486 e. The second-order valence-corrected chi connectivity index (χ2v) is 9.66. The summed E-state index contributed by atoms with van der Waals surface area (Å²) in [5.74, 6) is -0.627. The maximum Gasteiger partial charge on any atom is 0.309 e. The van der Waals surface area contributed by atoms with Crippen molar-refractivity contribution in [2.75, 3.05) is 32.9 Å². The van der Waals surface area contributed by atoms with Crippen LogP contribution in [0.1, 0.15) is 32.1 Å². The average Bonchev–Trinajstić information content (AvgIpc) is 3.30. The van der Waals surface area contributed by atoms with Crippen molar-refractivity contribution in [3.8, 4) is 11.5 Å². The second kappa shape index (κ2) is 9.41. The molecule has 4 rings (SSSR count). The lowest BCUT2D eigenvalue weighted by Crippen LogP contribution is -2.53. The zero-order valence-electron chi connectivity index (χ0n) is 17.2. The number of hydrogen-bond donors (Lipinski definition) is 2. The Kier molecular flexibility index (Phi) is 6.63. The quantitative estimate of drug-likeness (QED) is 0.618. The molecule has 0 bridgehead atoms. The van der Waals surface area contributed by atoms with E-state index >= 15 is 0 Å². The minimum atomic E-state index is -3.91. The van der Waals surface area contributed by atoms with E-state index in [0.717, 1.165) is 25.7 Å². The molecule has 2 amide bonds. The predicted molar refractivity (Wildman–Crippen MR) is 109 cm³/mol. The number of carbonyl (C=O) groups excluding carboxylic acids is 2. The molecule has 3 aliphatic rings. The number of fused-ring (bicyclic) bond motifs is 1. The van der Waals surface area contributed by atoms with Crippen molar-refractivity contribution >= 4 is 21.8 Å². The monoisotopic (exact) mass is 453 g/mol. The molecule has 31 heavy (non-hydrogen) atoms. The van der Waals surface area contributed by atoms with Crippen LogP contribution in [0, 0.1) is 0 Å². The number of ether oxygens (including phenoxy) is 3. The normalized spacial score (nSPS) is 22.1. The third kappa shape index (κ3) is 4.94. The fraction of sp³-hybridized carbons (Fsp3) is 0.600. The molecule has 0 unspecified atom stereocenters. The standard InChI is InChI=1S/C20H27N3O7S/c24-19(20(25)22-14-4-1-2-5-14)21-13-18-23(8-3-9-30-18)31(26,27)15-6-7-16-17(12-15)29-11-10-28-16/h6-7,12,14,18H,1-5,8-11,13H2,(H,21,24)(H,22,25)/t18-/m0/s1. The van der Waals surface area contributed by atoms with Crippen LogP contribution in [0.15, 0.2) is 23.1 Å². The van der Waals surface area contributed by atoms with Crippen LogP contribution in [0.25, 0.3) is 0 Å². The summed E-state index contributed by atoms with van der Waals surface area (Å²) in [6, 6.07) is 4.48. The first-order valence-corrected chi connectivity index (χ1v) is 12.0. The first kappa shape index (κ1) is 21.8. The second-order valence-electron chi connectivity index (χ2n) is 7.77. The molecule has 1 saturated heterocycles. The molecule has 1 aromatic carbocycles. The maximum absolute atomic E-state index is 13.2. The topological polar surface area (TPSA) is 123 Å². The van der Waals surface area contributed by atoms with E-state index in [2.05, 4.69) is 10.6 Å². The van der Waals surface area contributed by atoms with Crippen LogP contribution >= 0.6 is 0 Å². The summed E-state index contributed by atoms with van der Waals surface area (Å²) in [5.41, 5.74) is 0. The molecular weight excluding hydrogens is 426 g/mol. The van der Waals surface area contributed by atoms with Gasteiger partial charge in [-0.05, 0) is 31.4 Å². The molecule has 10 nitrogen and oxygen atoms in total. The molecule has 1 atom stereocenters. The molecule has 2 heterocycles. The van der Waals surface area contributed by atoms with Crippen molar-refractivity contribution in [3.63, 3.8) is 0 Å². The van der Waals surface area contributed by atoms with E-state index in [1.165, 1.54) is 16.4 Å². The van der Waals surface area contributed by atoms with Crippen molar-refractivity contribution in [2.24, 2.45) is 0 Å². The third-order valence-electron chi connectivity index (χ3n) is 5.61. The largest absolute Gasteiger partial charge is 0.486 e. The molecule has 1 aromatic rings.